The maximum atomic E-state index is 14.1. The van der Waals surface area contributed by atoms with Gasteiger partial charge in [-0.05, 0) is 24.5 Å². The molecule has 1 aromatic carbocycles. The molecular formula is C14H12F4N2S. The molecule has 1 heterocycles. The van der Waals surface area contributed by atoms with Crippen LogP contribution in [0.1, 0.15) is 23.4 Å². The fraction of sp³-hybridized carbons (Fsp3) is 0.357. The molecule has 112 valence electrons. The average molecular weight is 316 g/mol. The normalized spacial score (nSPS) is 15.4. The van der Waals surface area contributed by atoms with Crippen molar-refractivity contribution in [2.24, 2.45) is 0 Å². The van der Waals surface area contributed by atoms with Gasteiger partial charge in [0, 0.05) is 24.3 Å². The average Bonchev–Trinajstić information content (AvgIpc) is 3.10. The SMILES string of the molecule is Fc1cc(CNC2CC2)ccc1-c1cnc(C(F)(F)F)s1. The van der Waals surface area contributed by atoms with Crippen molar-refractivity contribution in [3.63, 3.8) is 0 Å². The lowest BCUT2D eigenvalue weighted by Gasteiger charge is -2.06. The van der Waals surface area contributed by atoms with Gasteiger partial charge in [-0.2, -0.15) is 13.2 Å². The predicted octanol–water partition coefficient (Wildman–Crippen LogP) is 4.22. The van der Waals surface area contributed by atoms with Gasteiger partial charge < -0.3 is 5.32 Å². The van der Waals surface area contributed by atoms with Crippen LogP contribution < -0.4 is 5.32 Å². The Labute approximate surface area is 122 Å². The first kappa shape index (κ1) is 14.5. The molecule has 0 saturated heterocycles. The summed E-state index contributed by atoms with van der Waals surface area (Å²) in [5.74, 6) is -0.525. The van der Waals surface area contributed by atoms with Crippen LogP contribution >= 0.6 is 11.3 Å². The Morgan fingerprint density at radius 3 is 2.62 bits per heavy atom. The molecule has 2 aromatic rings. The van der Waals surface area contributed by atoms with Gasteiger partial charge in [0.1, 0.15) is 5.82 Å². The fourth-order valence-corrected chi connectivity index (χ4v) is 2.76. The van der Waals surface area contributed by atoms with Crippen LogP contribution in [-0.2, 0) is 12.7 Å². The number of nitrogens with zero attached hydrogens (tertiary/aromatic N) is 1. The van der Waals surface area contributed by atoms with E-state index in [9.17, 15) is 17.6 Å². The van der Waals surface area contributed by atoms with Gasteiger partial charge in [0.15, 0.2) is 5.01 Å². The molecule has 0 unspecified atom stereocenters. The Morgan fingerprint density at radius 1 is 1.29 bits per heavy atom. The van der Waals surface area contributed by atoms with Gasteiger partial charge in [-0.1, -0.05) is 12.1 Å². The van der Waals surface area contributed by atoms with E-state index < -0.39 is 17.0 Å². The highest BCUT2D eigenvalue weighted by atomic mass is 32.1. The molecule has 7 heteroatoms. The van der Waals surface area contributed by atoms with Gasteiger partial charge in [-0.15, -0.1) is 11.3 Å². The summed E-state index contributed by atoms with van der Waals surface area (Å²) in [4.78, 5) is 3.49. The highest BCUT2D eigenvalue weighted by Crippen LogP contribution is 2.37. The number of aromatic nitrogens is 1. The highest BCUT2D eigenvalue weighted by molar-refractivity contribution is 7.15. The number of hydrogen-bond donors (Lipinski definition) is 1. The van der Waals surface area contributed by atoms with Crippen LogP contribution in [0.2, 0.25) is 0 Å². The summed E-state index contributed by atoms with van der Waals surface area (Å²) in [6.07, 6.45) is -1.15. The number of alkyl halides is 3. The van der Waals surface area contributed by atoms with E-state index in [0.29, 0.717) is 23.9 Å². The molecule has 3 rings (SSSR count). The standard InChI is InChI=1S/C14H12F4N2S/c15-11-5-8(6-19-9-2-3-9)1-4-10(11)12-7-20-13(21-12)14(16,17)18/h1,4-5,7,9,19H,2-3,6H2. The lowest BCUT2D eigenvalue weighted by molar-refractivity contribution is -0.137. The van der Waals surface area contributed by atoms with Crippen LogP contribution in [0.4, 0.5) is 17.6 Å². The third-order valence-corrected chi connectivity index (χ3v) is 4.29. The molecule has 0 amide bonds. The number of benzene rings is 1. The Hall–Kier alpha value is -1.47. The summed E-state index contributed by atoms with van der Waals surface area (Å²) in [5.41, 5.74) is 0.932. The lowest BCUT2D eigenvalue weighted by atomic mass is 10.1. The van der Waals surface area contributed by atoms with Crippen molar-refractivity contribution in [1.29, 1.82) is 0 Å². The molecule has 1 N–H and O–H groups in total. The van der Waals surface area contributed by atoms with Crippen LogP contribution in [0.3, 0.4) is 0 Å². The molecule has 1 aliphatic carbocycles. The molecule has 0 spiro atoms. The molecule has 1 aliphatic rings. The molecule has 2 nitrogen and oxygen atoms in total. The van der Waals surface area contributed by atoms with Crippen molar-refractivity contribution >= 4 is 11.3 Å². The van der Waals surface area contributed by atoms with Crippen LogP contribution in [-0.4, -0.2) is 11.0 Å². The van der Waals surface area contributed by atoms with Crippen LogP contribution in [0.5, 0.6) is 0 Å². The number of hydrogen-bond acceptors (Lipinski definition) is 3. The van der Waals surface area contributed by atoms with E-state index in [1.54, 1.807) is 6.07 Å². The third kappa shape index (κ3) is 3.41. The number of rotatable bonds is 4. The molecule has 21 heavy (non-hydrogen) atoms. The maximum Gasteiger partial charge on any atom is 0.443 e. The van der Waals surface area contributed by atoms with E-state index in [4.69, 9.17) is 0 Å². The van der Waals surface area contributed by atoms with Gasteiger partial charge in [0.25, 0.3) is 0 Å². The van der Waals surface area contributed by atoms with Crippen molar-refractivity contribution in [3.05, 3.63) is 40.8 Å². The Bertz CT molecular complexity index is 647. The van der Waals surface area contributed by atoms with Crippen molar-refractivity contribution < 1.29 is 17.6 Å². The Morgan fingerprint density at radius 2 is 2.05 bits per heavy atom. The van der Waals surface area contributed by atoms with E-state index in [-0.39, 0.29) is 10.4 Å². The first-order valence-electron chi connectivity index (χ1n) is 6.48. The molecule has 0 radical (unpaired) electrons. The van der Waals surface area contributed by atoms with Gasteiger partial charge in [-0.3, -0.25) is 0 Å². The molecule has 0 atom stereocenters. The fourth-order valence-electron chi connectivity index (χ4n) is 1.95. The van der Waals surface area contributed by atoms with Gasteiger partial charge in [0.2, 0.25) is 0 Å². The van der Waals surface area contributed by atoms with Crippen LogP contribution in [0, 0.1) is 5.82 Å². The highest BCUT2D eigenvalue weighted by Gasteiger charge is 2.34. The number of halogens is 4. The third-order valence-electron chi connectivity index (χ3n) is 3.22. The van der Waals surface area contributed by atoms with Crippen molar-refractivity contribution in [2.75, 3.05) is 0 Å². The zero-order valence-corrected chi connectivity index (χ0v) is 11.7. The summed E-state index contributed by atoms with van der Waals surface area (Å²) in [6, 6.07) is 5.11. The summed E-state index contributed by atoms with van der Waals surface area (Å²) < 4.78 is 51.6. The first-order valence-corrected chi connectivity index (χ1v) is 7.30. The lowest BCUT2D eigenvalue weighted by Crippen LogP contribution is -2.15. The number of thiazole rings is 1. The van der Waals surface area contributed by atoms with Crippen LogP contribution in [0.15, 0.2) is 24.4 Å². The zero-order valence-electron chi connectivity index (χ0n) is 10.9. The minimum absolute atomic E-state index is 0.151. The molecule has 0 bridgehead atoms. The largest absolute Gasteiger partial charge is 0.443 e. The topological polar surface area (TPSA) is 24.9 Å². The summed E-state index contributed by atoms with van der Waals surface area (Å²) >= 11 is 0.449. The Kier molecular flexibility index (Phi) is 3.71. The molecule has 1 aromatic heterocycles. The smallest absolute Gasteiger partial charge is 0.310 e. The maximum absolute atomic E-state index is 14.1. The van der Waals surface area contributed by atoms with E-state index in [2.05, 4.69) is 10.3 Å². The van der Waals surface area contributed by atoms with Crippen molar-refractivity contribution in [1.82, 2.24) is 10.3 Å². The molecule has 1 saturated carbocycles. The minimum atomic E-state index is -4.49. The van der Waals surface area contributed by atoms with Crippen LogP contribution in [0.25, 0.3) is 10.4 Å². The Balaban J connectivity index is 1.79. The minimum Gasteiger partial charge on any atom is -0.310 e. The summed E-state index contributed by atoms with van der Waals surface area (Å²) in [5, 5.41) is 2.30. The monoisotopic (exact) mass is 316 g/mol. The number of nitrogens with one attached hydrogen (secondary N) is 1. The predicted molar refractivity (Wildman–Crippen MR) is 72.4 cm³/mol. The van der Waals surface area contributed by atoms with E-state index in [1.165, 1.54) is 12.1 Å². The molecule has 0 aliphatic heterocycles. The zero-order chi connectivity index (χ0) is 15.0. The second-order valence-electron chi connectivity index (χ2n) is 5.00. The summed E-state index contributed by atoms with van der Waals surface area (Å²) in [6.45, 7) is 0.568. The van der Waals surface area contributed by atoms with Crippen molar-refractivity contribution in [2.45, 2.75) is 31.6 Å². The second kappa shape index (κ2) is 5.38. The van der Waals surface area contributed by atoms with Gasteiger partial charge >= 0.3 is 6.18 Å². The summed E-state index contributed by atoms with van der Waals surface area (Å²) in [7, 11) is 0. The van der Waals surface area contributed by atoms with E-state index >= 15 is 0 Å². The molecule has 1 fully saturated rings. The van der Waals surface area contributed by atoms with E-state index in [0.717, 1.165) is 24.6 Å². The second-order valence-corrected chi connectivity index (χ2v) is 6.03. The first-order chi connectivity index (χ1) is 9.93. The van der Waals surface area contributed by atoms with Crippen molar-refractivity contribution in [3.8, 4) is 10.4 Å². The van der Waals surface area contributed by atoms with Gasteiger partial charge in [0.05, 0.1) is 4.88 Å². The molecular weight excluding hydrogens is 304 g/mol. The quantitative estimate of drug-likeness (QED) is 0.854. The van der Waals surface area contributed by atoms with E-state index in [1.807, 2.05) is 0 Å². The van der Waals surface area contributed by atoms with Gasteiger partial charge in [-0.25, -0.2) is 9.37 Å².